The highest BCUT2D eigenvalue weighted by Gasteiger charge is 2.26. The molecule has 2 fully saturated rings. The summed E-state index contributed by atoms with van der Waals surface area (Å²) in [6, 6.07) is 0. The van der Waals surface area contributed by atoms with Crippen molar-refractivity contribution in [2.45, 2.75) is 50.4 Å². The Balaban J connectivity index is 1.72. The van der Waals surface area contributed by atoms with Crippen LogP contribution in [-0.4, -0.2) is 31.5 Å². The zero-order valence-electron chi connectivity index (χ0n) is 8.48. The molecule has 0 amide bonds. The van der Waals surface area contributed by atoms with Crippen LogP contribution in [0.2, 0.25) is 0 Å². The van der Waals surface area contributed by atoms with Crippen molar-refractivity contribution in [2.75, 3.05) is 13.2 Å². The van der Waals surface area contributed by atoms with Crippen molar-refractivity contribution < 1.29 is 14.6 Å². The van der Waals surface area contributed by atoms with E-state index in [-0.39, 0.29) is 12.2 Å². The van der Waals surface area contributed by atoms with Crippen LogP contribution in [0.3, 0.4) is 0 Å². The number of ether oxygens (including phenoxy) is 2. The first-order chi connectivity index (χ1) is 6.84. The van der Waals surface area contributed by atoms with Gasteiger partial charge in [-0.25, -0.2) is 5.11 Å². The van der Waals surface area contributed by atoms with E-state index in [1.165, 1.54) is 12.8 Å². The van der Waals surface area contributed by atoms with E-state index in [2.05, 4.69) is 6.42 Å². The average Bonchev–Trinajstić information content (AvgIpc) is 2.19. The van der Waals surface area contributed by atoms with E-state index in [0.717, 1.165) is 12.8 Å². The zero-order valence-corrected chi connectivity index (χ0v) is 8.48. The van der Waals surface area contributed by atoms with Gasteiger partial charge in [0.25, 0.3) is 0 Å². The Morgan fingerprint density at radius 2 is 2.21 bits per heavy atom. The molecule has 1 saturated carbocycles. The number of hydrogen-bond acceptors (Lipinski definition) is 2. The Labute approximate surface area is 85.4 Å². The second kappa shape index (κ2) is 5.10. The van der Waals surface area contributed by atoms with Gasteiger partial charge in [0, 0.05) is 6.42 Å². The fraction of sp³-hybridized carbons (Fsp3) is 0.909. The summed E-state index contributed by atoms with van der Waals surface area (Å²) in [7, 11) is 0. The molecular formula is C11H18O3. The normalized spacial score (nSPS) is 35.8. The van der Waals surface area contributed by atoms with Gasteiger partial charge in [-0.15, -0.1) is 0 Å². The van der Waals surface area contributed by atoms with E-state index < -0.39 is 6.10 Å². The highest BCUT2D eigenvalue weighted by molar-refractivity contribution is 4.83. The summed E-state index contributed by atoms with van der Waals surface area (Å²) in [4.78, 5) is 0. The van der Waals surface area contributed by atoms with Crippen molar-refractivity contribution in [3.05, 3.63) is 6.42 Å². The molecule has 1 aliphatic heterocycles. The maximum absolute atomic E-state index is 11.2. The molecule has 0 bridgehead atoms. The summed E-state index contributed by atoms with van der Waals surface area (Å²) in [5.74, 6) is 0. The van der Waals surface area contributed by atoms with Gasteiger partial charge in [0.15, 0.2) is 0 Å². The van der Waals surface area contributed by atoms with Crippen LogP contribution < -0.4 is 0 Å². The summed E-state index contributed by atoms with van der Waals surface area (Å²) >= 11 is 0. The van der Waals surface area contributed by atoms with Crippen molar-refractivity contribution in [1.29, 1.82) is 0 Å². The fourth-order valence-electron chi connectivity index (χ4n) is 2.14. The highest BCUT2D eigenvalue weighted by atomic mass is 16.5. The van der Waals surface area contributed by atoms with Gasteiger partial charge in [0.2, 0.25) is 0 Å². The molecule has 80 valence electrons. The van der Waals surface area contributed by atoms with Gasteiger partial charge in [-0.05, 0) is 19.3 Å². The molecule has 3 unspecified atom stereocenters. The van der Waals surface area contributed by atoms with Crippen LogP contribution in [0.15, 0.2) is 0 Å². The minimum atomic E-state index is -0.586. The molecule has 0 spiro atoms. The lowest BCUT2D eigenvalue weighted by Crippen LogP contribution is -2.37. The number of rotatable bonds is 2. The third kappa shape index (κ3) is 2.94. The van der Waals surface area contributed by atoms with Crippen molar-refractivity contribution >= 4 is 0 Å². The molecule has 2 radical (unpaired) electrons. The molecule has 2 aliphatic rings. The molecule has 0 aromatic carbocycles. The van der Waals surface area contributed by atoms with Crippen LogP contribution in [0, 0.1) is 6.42 Å². The first-order valence-electron chi connectivity index (χ1n) is 5.57. The molecule has 3 atom stereocenters. The fourth-order valence-corrected chi connectivity index (χ4v) is 2.14. The Hall–Kier alpha value is -0.120. The predicted molar refractivity (Wildman–Crippen MR) is 51.3 cm³/mol. The first kappa shape index (κ1) is 10.4. The predicted octanol–water partition coefficient (Wildman–Crippen LogP) is 1.74. The molecular weight excluding hydrogens is 180 g/mol. The van der Waals surface area contributed by atoms with Crippen molar-refractivity contribution in [3.63, 3.8) is 0 Å². The van der Waals surface area contributed by atoms with Gasteiger partial charge in [0.1, 0.15) is 6.10 Å². The molecule has 3 nitrogen and oxygen atoms in total. The lowest BCUT2D eigenvalue weighted by Gasteiger charge is -2.30. The highest BCUT2D eigenvalue weighted by Crippen LogP contribution is 2.23. The molecule has 1 saturated heterocycles. The van der Waals surface area contributed by atoms with Crippen molar-refractivity contribution in [2.24, 2.45) is 0 Å². The second-order valence-corrected chi connectivity index (χ2v) is 4.21. The largest absolute Gasteiger partial charge is 0.376 e. The van der Waals surface area contributed by atoms with Crippen LogP contribution in [-0.2, 0) is 14.6 Å². The van der Waals surface area contributed by atoms with Crippen LogP contribution in [0.25, 0.3) is 0 Å². The SMILES string of the molecule is [O]C1COCC(OC2[CH]CCCC2)C1. The summed E-state index contributed by atoms with van der Waals surface area (Å²) in [6.07, 6.45) is 7.35. The van der Waals surface area contributed by atoms with Crippen LogP contribution >= 0.6 is 0 Å². The lowest BCUT2D eigenvalue weighted by molar-refractivity contribution is -0.132. The van der Waals surface area contributed by atoms with Gasteiger partial charge in [-0.1, -0.05) is 12.8 Å². The maximum Gasteiger partial charge on any atom is 0.119 e. The standard InChI is InChI=1S/C11H18O3/c12-9-6-11(8-13-7-9)14-10-4-2-1-3-5-10/h4,9-11H,1-3,5-8H2. The molecule has 3 heteroatoms. The van der Waals surface area contributed by atoms with Crippen molar-refractivity contribution in [1.82, 2.24) is 0 Å². The van der Waals surface area contributed by atoms with Crippen LogP contribution in [0.1, 0.15) is 32.1 Å². The maximum atomic E-state index is 11.2. The van der Waals surface area contributed by atoms with E-state index in [1.807, 2.05) is 0 Å². The van der Waals surface area contributed by atoms with Gasteiger partial charge in [0.05, 0.1) is 25.4 Å². The van der Waals surface area contributed by atoms with Crippen LogP contribution in [0.5, 0.6) is 0 Å². The number of hydrogen-bond donors (Lipinski definition) is 0. The molecule has 0 N–H and O–H groups in total. The quantitative estimate of drug-likeness (QED) is 0.677. The van der Waals surface area contributed by atoms with Gasteiger partial charge < -0.3 is 9.47 Å². The summed E-state index contributed by atoms with van der Waals surface area (Å²) in [5, 5.41) is 11.2. The van der Waals surface area contributed by atoms with E-state index in [0.29, 0.717) is 19.6 Å². The van der Waals surface area contributed by atoms with Gasteiger partial charge >= 0.3 is 0 Å². The summed E-state index contributed by atoms with van der Waals surface area (Å²) < 4.78 is 11.0. The third-order valence-electron chi connectivity index (χ3n) is 2.87. The third-order valence-corrected chi connectivity index (χ3v) is 2.87. The van der Waals surface area contributed by atoms with E-state index in [1.54, 1.807) is 0 Å². The topological polar surface area (TPSA) is 38.4 Å². The van der Waals surface area contributed by atoms with Crippen molar-refractivity contribution in [3.8, 4) is 0 Å². The monoisotopic (exact) mass is 198 g/mol. The average molecular weight is 198 g/mol. The van der Waals surface area contributed by atoms with Crippen LogP contribution in [0.4, 0.5) is 0 Å². The second-order valence-electron chi connectivity index (χ2n) is 4.21. The van der Waals surface area contributed by atoms with E-state index in [9.17, 15) is 5.11 Å². The Morgan fingerprint density at radius 3 is 2.93 bits per heavy atom. The van der Waals surface area contributed by atoms with Gasteiger partial charge in [-0.3, -0.25) is 0 Å². The van der Waals surface area contributed by atoms with Gasteiger partial charge in [-0.2, -0.15) is 0 Å². The minimum Gasteiger partial charge on any atom is -0.376 e. The molecule has 2 rings (SSSR count). The Morgan fingerprint density at radius 1 is 1.29 bits per heavy atom. The summed E-state index contributed by atoms with van der Waals surface area (Å²) in [5.41, 5.74) is 0. The Bertz CT molecular complexity index is 166. The van der Waals surface area contributed by atoms with E-state index in [4.69, 9.17) is 9.47 Å². The molecule has 0 aromatic heterocycles. The summed E-state index contributed by atoms with van der Waals surface area (Å²) in [6.45, 7) is 0.956. The van der Waals surface area contributed by atoms with E-state index >= 15 is 0 Å². The molecule has 0 aromatic rings. The minimum absolute atomic E-state index is 0.0330. The Kier molecular flexibility index (Phi) is 3.79. The molecule has 1 aliphatic carbocycles. The molecule has 14 heavy (non-hydrogen) atoms. The lowest BCUT2D eigenvalue weighted by atomic mass is 9.97. The smallest absolute Gasteiger partial charge is 0.119 e. The zero-order chi connectivity index (χ0) is 9.80. The molecule has 1 heterocycles. The first-order valence-corrected chi connectivity index (χ1v) is 5.57.